The molecule has 0 heterocycles. The highest BCUT2D eigenvalue weighted by Gasteiger charge is 2.26. The summed E-state index contributed by atoms with van der Waals surface area (Å²) in [6.07, 6.45) is 9.35. The van der Waals surface area contributed by atoms with Crippen LogP contribution in [0, 0.1) is 23.7 Å². The predicted octanol–water partition coefficient (Wildman–Crippen LogP) is 6.52. The molecule has 0 aliphatic carbocycles. The molecule has 0 saturated carbocycles. The summed E-state index contributed by atoms with van der Waals surface area (Å²) < 4.78 is 0. The average Bonchev–Trinajstić information content (AvgIpc) is 2.38. The predicted molar refractivity (Wildman–Crippen MR) is 85.4 cm³/mol. The molecule has 0 fully saturated rings. The molecule has 4 unspecified atom stereocenters. The van der Waals surface area contributed by atoms with Gasteiger partial charge < -0.3 is 0 Å². The van der Waals surface area contributed by atoms with E-state index in [1.165, 1.54) is 44.9 Å². The zero-order valence-corrected chi connectivity index (χ0v) is 14.1. The van der Waals surface area contributed by atoms with Crippen LogP contribution in [0.5, 0.6) is 0 Å². The van der Waals surface area contributed by atoms with E-state index in [0.29, 0.717) is 0 Å². The zero-order chi connectivity index (χ0) is 14.0. The average molecular weight is 275 g/mol. The van der Waals surface area contributed by atoms with Crippen LogP contribution < -0.4 is 0 Å². The van der Waals surface area contributed by atoms with Crippen LogP contribution in [0.2, 0.25) is 0 Å². The second kappa shape index (κ2) is 11.1. The molecule has 0 radical (unpaired) electrons. The lowest BCUT2D eigenvalue weighted by Gasteiger charge is -2.33. The molecule has 0 saturated heterocycles. The Morgan fingerprint density at radius 3 is 1.72 bits per heavy atom. The fourth-order valence-electron chi connectivity index (χ4n) is 3.14. The van der Waals surface area contributed by atoms with Crippen molar-refractivity contribution in [3.63, 3.8) is 0 Å². The molecule has 0 aliphatic rings. The van der Waals surface area contributed by atoms with Gasteiger partial charge in [0, 0.05) is 5.88 Å². The lowest BCUT2D eigenvalue weighted by Crippen LogP contribution is -2.25. The molecule has 1 heteroatoms. The van der Waals surface area contributed by atoms with E-state index in [9.17, 15) is 0 Å². The quantitative estimate of drug-likeness (QED) is 0.376. The highest BCUT2D eigenvalue weighted by molar-refractivity contribution is 6.17. The molecule has 0 rings (SSSR count). The molecule has 0 aromatic carbocycles. The first-order valence-electron chi connectivity index (χ1n) is 8.14. The first kappa shape index (κ1) is 18.3. The summed E-state index contributed by atoms with van der Waals surface area (Å²) in [5.41, 5.74) is 0. The fourth-order valence-corrected chi connectivity index (χ4v) is 3.39. The van der Waals surface area contributed by atoms with Gasteiger partial charge in [0.2, 0.25) is 0 Å². The van der Waals surface area contributed by atoms with Crippen LogP contribution in [0.1, 0.15) is 79.6 Å². The molecule has 0 nitrogen and oxygen atoms in total. The van der Waals surface area contributed by atoms with Crippen molar-refractivity contribution in [2.24, 2.45) is 23.7 Å². The summed E-state index contributed by atoms with van der Waals surface area (Å²) in [5.74, 6) is 4.15. The number of hydrogen-bond acceptors (Lipinski definition) is 0. The second-order valence-electron chi connectivity index (χ2n) is 6.24. The van der Waals surface area contributed by atoms with Gasteiger partial charge in [-0.15, -0.1) is 11.6 Å². The lowest BCUT2D eigenvalue weighted by atomic mass is 9.73. The molecule has 0 bridgehead atoms. The summed E-state index contributed by atoms with van der Waals surface area (Å²) >= 11 is 6.03. The van der Waals surface area contributed by atoms with Crippen molar-refractivity contribution in [2.45, 2.75) is 79.6 Å². The maximum absolute atomic E-state index is 6.03. The van der Waals surface area contributed by atoms with Crippen LogP contribution >= 0.6 is 11.6 Å². The van der Waals surface area contributed by atoms with Crippen LogP contribution in [0.4, 0.5) is 0 Å². The van der Waals surface area contributed by atoms with E-state index in [0.717, 1.165) is 29.6 Å². The molecule has 0 aliphatic heterocycles. The van der Waals surface area contributed by atoms with Crippen molar-refractivity contribution >= 4 is 11.6 Å². The summed E-state index contributed by atoms with van der Waals surface area (Å²) in [4.78, 5) is 0. The van der Waals surface area contributed by atoms with Crippen molar-refractivity contribution in [1.29, 1.82) is 0 Å². The Morgan fingerprint density at radius 1 is 0.778 bits per heavy atom. The first-order valence-corrected chi connectivity index (χ1v) is 8.67. The molecular weight excluding hydrogens is 240 g/mol. The van der Waals surface area contributed by atoms with E-state index in [2.05, 4.69) is 34.6 Å². The molecule has 4 atom stereocenters. The normalized spacial score (nSPS) is 18.3. The molecular formula is C17H35Cl. The van der Waals surface area contributed by atoms with E-state index < -0.39 is 0 Å². The summed E-state index contributed by atoms with van der Waals surface area (Å²) in [7, 11) is 0. The van der Waals surface area contributed by atoms with E-state index >= 15 is 0 Å². The van der Waals surface area contributed by atoms with Gasteiger partial charge in [-0.25, -0.2) is 0 Å². The zero-order valence-electron chi connectivity index (χ0n) is 13.3. The minimum absolute atomic E-state index is 0.820. The van der Waals surface area contributed by atoms with Gasteiger partial charge in [-0.05, 0) is 30.1 Å². The monoisotopic (exact) mass is 274 g/mol. The Morgan fingerprint density at radius 2 is 1.28 bits per heavy atom. The molecule has 0 amide bonds. The van der Waals surface area contributed by atoms with Gasteiger partial charge in [-0.2, -0.15) is 0 Å². The first-order chi connectivity index (χ1) is 8.58. The maximum atomic E-state index is 6.03. The largest absolute Gasteiger partial charge is 0.127 e. The molecule has 0 aromatic heterocycles. The lowest BCUT2D eigenvalue weighted by molar-refractivity contribution is 0.172. The number of unbranched alkanes of at least 4 members (excludes halogenated alkanes) is 2. The van der Waals surface area contributed by atoms with Crippen molar-refractivity contribution in [3.8, 4) is 0 Å². The topological polar surface area (TPSA) is 0 Å². The number of hydrogen-bond donors (Lipinski definition) is 0. The van der Waals surface area contributed by atoms with Crippen LogP contribution in [0.15, 0.2) is 0 Å². The Bertz CT molecular complexity index is 178. The summed E-state index contributed by atoms with van der Waals surface area (Å²) in [5, 5.41) is 0. The number of rotatable bonds is 11. The Balaban J connectivity index is 4.35. The number of alkyl halides is 1. The third-order valence-electron chi connectivity index (χ3n) is 4.77. The Labute approximate surface area is 121 Å². The standard InChI is InChI=1S/C17H35Cl/c1-6-8-10-14(3)16(5)17(12-13-18)15(4)11-9-7-2/h14-17H,6-13H2,1-5H3. The minimum Gasteiger partial charge on any atom is -0.127 e. The summed E-state index contributed by atoms with van der Waals surface area (Å²) in [6.45, 7) is 11.9. The molecule has 0 spiro atoms. The van der Waals surface area contributed by atoms with Crippen LogP contribution in [0.3, 0.4) is 0 Å². The van der Waals surface area contributed by atoms with E-state index in [1.807, 2.05) is 0 Å². The maximum Gasteiger partial charge on any atom is 0.0226 e. The summed E-state index contributed by atoms with van der Waals surface area (Å²) in [6, 6.07) is 0. The molecule has 110 valence electrons. The van der Waals surface area contributed by atoms with Gasteiger partial charge in [-0.3, -0.25) is 0 Å². The molecule has 18 heavy (non-hydrogen) atoms. The Hall–Kier alpha value is 0.290. The fraction of sp³-hybridized carbons (Fsp3) is 1.00. The van der Waals surface area contributed by atoms with Crippen LogP contribution in [-0.2, 0) is 0 Å². The van der Waals surface area contributed by atoms with Crippen molar-refractivity contribution in [2.75, 3.05) is 5.88 Å². The van der Waals surface area contributed by atoms with Gasteiger partial charge in [0.1, 0.15) is 0 Å². The van der Waals surface area contributed by atoms with E-state index in [4.69, 9.17) is 11.6 Å². The van der Waals surface area contributed by atoms with Gasteiger partial charge in [0.25, 0.3) is 0 Å². The van der Waals surface area contributed by atoms with Crippen molar-refractivity contribution < 1.29 is 0 Å². The second-order valence-corrected chi connectivity index (χ2v) is 6.62. The van der Waals surface area contributed by atoms with Crippen LogP contribution in [0.25, 0.3) is 0 Å². The van der Waals surface area contributed by atoms with Crippen LogP contribution in [-0.4, -0.2) is 5.88 Å². The third kappa shape index (κ3) is 7.02. The van der Waals surface area contributed by atoms with Gasteiger partial charge in [-0.1, -0.05) is 73.1 Å². The SMILES string of the molecule is CCCCC(C)C(C)C(CCCl)C(C)CCCC. The molecule has 0 N–H and O–H groups in total. The van der Waals surface area contributed by atoms with Gasteiger partial charge in [0.05, 0.1) is 0 Å². The minimum atomic E-state index is 0.820. The smallest absolute Gasteiger partial charge is 0.0226 e. The highest BCUT2D eigenvalue weighted by atomic mass is 35.5. The van der Waals surface area contributed by atoms with Crippen molar-refractivity contribution in [3.05, 3.63) is 0 Å². The van der Waals surface area contributed by atoms with E-state index in [1.54, 1.807) is 0 Å². The van der Waals surface area contributed by atoms with Gasteiger partial charge >= 0.3 is 0 Å². The third-order valence-corrected chi connectivity index (χ3v) is 4.99. The van der Waals surface area contributed by atoms with Crippen molar-refractivity contribution in [1.82, 2.24) is 0 Å². The molecule has 0 aromatic rings. The van der Waals surface area contributed by atoms with Gasteiger partial charge in [0.15, 0.2) is 0 Å². The van der Waals surface area contributed by atoms with E-state index in [-0.39, 0.29) is 0 Å². The highest BCUT2D eigenvalue weighted by Crippen LogP contribution is 2.34. The Kier molecular flexibility index (Phi) is 11.3. The number of halogens is 1.